The van der Waals surface area contributed by atoms with Gasteiger partial charge in [0.25, 0.3) is 0 Å². The van der Waals surface area contributed by atoms with E-state index >= 15 is 0 Å². The summed E-state index contributed by atoms with van der Waals surface area (Å²) in [5.41, 5.74) is 2.69. The first-order valence-electron chi connectivity index (χ1n) is 7.55. The molecule has 118 valence electrons. The molecule has 0 amide bonds. The summed E-state index contributed by atoms with van der Waals surface area (Å²) in [6.45, 7) is 0. The molecule has 3 rings (SSSR count). The number of hydrogen-bond donors (Lipinski definition) is 0. The largest absolute Gasteiger partial charge is 0.465 e. The Morgan fingerprint density at radius 2 is 1.04 bits per heavy atom. The molecule has 3 aromatic rings. The number of methoxy groups -OCH3 is 1. The summed E-state index contributed by atoms with van der Waals surface area (Å²) in [5, 5.41) is 0. The monoisotopic (exact) mass is 314 g/mol. The quantitative estimate of drug-likeness (QED) is 0.486. The topological polar surface area (TPSA) is 26.3 Å². The van der Waals surface area contributed by atoms with E-state index in [-0.39, 0.29) is 5.97 Å². The molecule has 0 fully saturated rings. The first-order valence-corrected chi connectivity index (χ1v) is 7.55. The Morgan fingerprint density at radius 1 is 0.667 bits per heavy atom. The van der Waals surface area contributed by atoms with Gasteiger partial charge in [-0.15, -0.1) is 0 Å². The lowest BCUT2D eigenvalue weighted by molar-refractivity contribution is 0.0600. The molecule has 3 aromatic carbocycles. The maximum Gasteiger partial charge on any atom is 0.337 e. The highest BCUT2D eigenvalue weighted by Crippen LogP contribution is 1.99. The lowest BCUT2D eigenvalue weighted by atomic mass is 10.2. The number of esters is 1. The van der Waals surface area contributed by atoms with Gasteiger partial charge in [0.1, 0.15) is 0 Å². The number of rotatable bonds is 1. The number of benzene rings is 3. The second kappa shape index (κ2) is 9.66. The standard InChI is InChI=1S/C14H10.C8H8O2/c1-3-7-13(8-4-1)11-12-14-9-5-2-6-10-14;1-10-8(9)7-5-3-2-4-6-7/h1-10H;2-6H,1H3. The van der Waals surface area contributed by atoms with Gasteiger partial charge in [-0.1, -0.05) is 66.4 Å². The summed E-state index contributed by atoms with van der Waals surface area (Å²) >= 11 is 0. The molecule has 0 atom stereocenters. The first kappa shape index (κ1) is 17.1. The number of carbonyl (C=O) groups is 1. The summed E-state index contributed by atoms with van der Waals surface area (Å²) in [4.78, 5) is 10.8. The van der Waals surface area contributed by atoms with Crippen LogP contribution in [0.15, 0.2) is 91.0 Å². The molecule has 0 bridgehead atoms. The zero-order chi connectivity index (χ0) is 17.0. The Bertz CT molecular complexity index is 755. The van der Waals surface area contributed by atoms with Crippen LogP contribution in [-0.4, -0.2) is 13.1 Å². The fraction of sp³-hybridized carbons (Fsp3) is 0.0455. The van der Waals surface area contributed by atoms with Crippen molar-refractivity contribution < 1.29 is 9.53 Å². The third-order valence-electron chi connectivity index (χ3n) is 3.09. The highest BCUT2D eigenvalue weighted by Gasteiger charge is 2.00. The third-order valence-corrected chi connectivity index (χ3v) is 3.09. The van der Waals surface area contributed by atoms with Crippen molar-refractivity contribution in [3.63, 3.8) is 0 Å². The molecule has 0 aliphatic heterocycles. The SMILES string of the molecule is C(#Cc1ccccc1)c1ccccc1.COC(=O)c1ccccc1. The van der Waals surface area contributed by atoms with Crippen molar-refractivity contribution in [3.05, 3.63) is 108 Å². The second-order valence-corrected chi connectivity index (χ2v) is 4.84. The van der Waals surface area contributed by atoms with Gasteiger partial charge in [-0.2, -0.15) is 0 Å². The normalized spacial score (nSPS) is 8.88. The van der Waals surface area contributed by atoms with Crippen LogP contribution in [0.4, 0.5) is 0 Å². The van der Waals surface area contributed by atoms with Crippen molar-refractivity contribution in [2.75, 3.05) is 7.11 Å². The van der Waals surface area contributed by atoms with Gasteiger partial charge in [-0.25, -0.2) is 4.79 Å². The van der Waals surface area contributed by atoms with Crippen molar-refractivity contribution in [1.29, 1.82) is 0 Å². The molecule has 24 heavy (non-hydrogen) atoms. The van der Waals surface area contributed by atoms with Crippen molar-refractivity contribution in [3.8, 4) is 11.8 Å². The van der Waals surface area contributed by atoms with Crippen LogP contribution in [0, 0.1) is 11.8 Å². The molecular formula is C22H18O2. The molecule has 0 saturated carbocycles. The molecule has 2 nitrogen and oxygen atoms in total. The fourth-order valence-corrected chi connectivity index (χ4v) is 1.88. The highest BCUT2D eigenvalue weighted by molar-refractivity contribution is 5.89. The molecule has 0 heterocycles. The van der Waals surface area contributed by atoms with Gasteiger partial charge in [0, 0.05) is 11.1 Å². The second-order valence-electron chi connectivity index (χ2n) is 4.84. The minimum absolute atomic E-state index is 0.291. The van der Waals surface area contributed by atoms with E-state index in [1.165, 1.54) is 7.11 Å². The zero-order valence-corrected chi connectivity index (χ0v) is 13.5. The molecule has 0 aliphatic rings. The van der Waals surface area contributed by atoms with Crippen LogP contribution >= 0.6 is 0 Å². The van der Waals surface area contributed by atoms with E-state index in [0.29, 0.717) is 5.56 Å². The first-order chi connectivity index (χ1) is 11.8. The Balaban J connectivity index is 0.000000185. The van der Waals surface area contributed by atoms with E-state index in [2.05, 4.69) is 16.6 Å². The fourth-order valence-electron chi connectivity index (χ4n) is 1.88. The minimum Gasteiger partial charge on any atom is -0.465 e. The van der Waals surface area contributed by atoms with Crippen molar-refractivity contribution in [2.24, 2.45) is 0 Å². The number of carbonyl (C=O) groups excluding carboxylic acids is 1. The summed E-state index contributed by atoms with van der Waals surface area (Å²) in [5.74, 6) is 5.93. The van der Waals surface area contributed by atoms with Crippen LogP contribution in [0.5, 0.6) is 0 Å². The predicted octanol–water partition coefficient (Wildman–Crippen LogP) is 4.56. The molecule has 0 radical (unpaired) electrons. The van der Waals surface area contributed by atoms with Crippen LogP contribution in [-0.2, 0) is 4.74 Å². The lowest BCUT2D eigenvalue weighted by Gasteiger charge is -1.95. The number of hydrogen-bond acceptors (Lipinski definition) is 2. The molecule has 0 unspecified atom stereocenters. The average molecular weight is 314 g/mol. The Hall–Kier alpha value is -3.31. The lowest BCUT2D eigenvalue weighted by Crippen LogP contribution is -1.99. The van der Waals surface area contributed by atoms with Gasteiger partial charge in [-0.3, -0.25) is 0 Å². The van der Waals surface area contributed by atoms with Crippen molar-refractivity contribution in [2.45, 2.75) is 0 Å². The van der Waals surface area contributed by atoms with Crippen molar-refractivity contribution in [1.82, 2.24) is 0 Å². The maximum atomic E-state index is 10.8. The predicted molar refractivity (Wildman–Crippen MR) is 96.6 cm³/mol. The molecule has 0 aromatic heterocycles. The summed E-state index contributed by atoms with van der Waals surface area (Å²) in [6, 6.07) is 28.9. The van der Waals surface area contributed by atoms with Gasteiger partial charge < -0.3 is 4.74 Å². The zero-order valence-electron chi connectivity index (χ0n) is 13.5. The van der Waals surface area contributed by atoms with Gasteiger partial charge in [-0.05, 0) is 36.4 Å². The maximum absolute atomic E-state index is 10.8. The molecule has 0 saturated heterocycles. The van der Waals surface area contributed by atoms with Crippen molar-refractivity contribution >= 4 is 5.97 Å². The average Bonchev–Trinajstić information content (AvgIpc) is 2.68. The van der Waals surface area contributed by atoms with E-state index in [1.54, 1.807) is 24.3 Å². The molecular weight excluding hydrogens is 296 g/mol. The van der Waals surface area contributed by atoms with E-state index < -0.39 is 0 Å². The Kier molecular flexibility index (Phi) is 6.86. The van der Waals surface area contributed by atoms with Gasteiger partial charge in [0.15, 0.2) is 0 Å². The van der Waals surface area contributed by atoms with E-state index in [1.807, 2.05) is 66.7 Å². The van der Waals surface area contributed by atoms with Gasteiger partial charge >= 0.3 is 5.97 Å². The van der Waals surface area contributed by atoms with E-state index in [9.17, 15) is 4.79 Å². The van der Waals surface area contributed by atoms with Crippen LogP contribution in [0.3, 0.4) is 0 Å². The smallest absolute Gasteiger partial charge is 0.337 e. The van der Waals surface area contributed by atoms with Crippen LogP contribution < -0.4 is 0 Å². The third kappa shape index (κ3) is 5.82. The van der Waals surface area contributed by atoms with Gasteiger partial charge in [0.05, 0.1) is 12.7 Å². The molecule has 2 heteroatoms. The Morgan fingerprint density at radius 3 is 1.42 bits per heavy atom. The molecule has 0 spiro atoms. The van der Waals surface area contributed by atoms with Crippen LogP contribution in [0.25, 0.3) is 0 Å². The molecule has 0 N–H and O–H groups in total. The molecule has 0 aliphatic carbocycles. The highest BCUT2D eigenvalue weighted by atomic mass is 16.5. The van der Waals surface area contributed by atoms with Crippen LogP contribution in [0.2, 0.25) is 0 Å². The van der Waals surface area contributed by atoms with E-state index in [0.717, 1.165) is 11.1 Å². The van der Waals surface area contributed by atoms with Crippen LogP contribution in [0.1, 0.15) is 21.5 Å². The summed E-state index contributed by atoms with van der Waals surface area (Å²) in [6.07, 6.45) is 0. The summed E-state index contributed by atoms with van der Waals surface area (Å²) in [7, 11) is 1.37. The summed E-state index contributed by atoms with van der Waals surface area (Å²) < 4.78 is 4.50. The van der Waals surface area contributed by atoms with Gasteiger partial charge in [0.2, 0.25) is 0 Å². The minimum atomic E-state index is -0.291. The Labute approximate surface area is 142 Å². The van der Waals surface area contributed by atoms with E-state index in [4.69, 9.17) is 0 Å². The number of ether oxygens (including phenoxy) is 1.